The number of aryl methyl sites for hydroxylation is 1. The van der Waals surface area contributed by atoms with Gasteiger partial charge in [-0.3, -0.25) is 0 Å². The maximum atomic E-state index is 13.5. The molecule has 0 aliphatic rings. The van der Waals surface area contributed by atoms with Crippen LogP contribution in [-0.2, 0) is 6.42 Å². The summed E-state index contributed by atoms with van der Waals surface area (Å²) in [5.41, 5.74) is 1.68. The number of halogens is 2. The fourth-order valence-corrected chi connectivity index (χ4v) is 2.28. The van der Waals surface area contributed by atoms with Gasteiger partial charge < -0.3 is 9.73 Å². The number of furan rings is 1. The van der Waals surface area contributed by atoms with Gasteiger partial charge in [-0.2, -0.15) is 0 Å². The predicted molar refractivity (Wildman–Crippen MR) is 74.6 cm³/mol. The zero-order valence-corrected chi connectivity index (χ0v) is 11.7. The van der Waals surface area contributed by atoms with Crippen molar-refractivity contribution in [3.8, 4) is 0 Å². The van der Waals surface area contributed by atoms with E-state index in [1.807, 2.05) is 13.0 Å². The highest BCUT2D eigenvalue weighted by Gasteiger charge is 2.19. The first kappa shape index (κ1) is 14.7. The van der Waals surface area contributed by atoms with Crippen LogP contribution in [0.1, 0.15) is 43.2 Å². The molecule has 108 valence electrons. The summed E-state index contributed by atoms with van der Waals surface area (Å²) in [5, 5.41) is 3.36. The standard InChI is InChI=1S/C16H19F2NO/c1-3-8-19-16(12-7-9-20-15(12)4-2)11-5-6-13(17)14(18)10-11/h5-7,9-10,16,19H,3-4,8H2,1-2H3. The van der Waals surface area contributed by atoms with Crippen LogP contribution in [0.5, 0.6) is 0 Å². The van der Waals surface area contributed by atoms with Gasteiger partial charge in [0.2, 0.25) is 0 Å². The minimum absolute atomic E-state index is 0.182. The van der Waals surface area contributed by atoms with E-state index in [1.165, 1.54) is 6.07 Å². The molecule has 1 aromatic carbocycles. The van der Waals surface area contributed by atoms with Crippen molar-refractivity contribution in [2.75, 3.05) is 6.54 Å². The third-order valence-electron chi connectivity index (χ3n) is 3.29. The van der Waals surface area contributed by atoms with Crippen molar-refractivity contribution in [2.24, 2.45) is 0 Å². The van der Waals surface area contributed by atoms with Crippen molar-refractivity contribution < 1.29 is 13.2 Å². The van der Waals surface area contributed by atoms with Gasteiger partial charge in [0.25, 0.3) is 0 Å². The van der Waals surface area contributed by atoms with Crippen LogP contribution >= 0.6 is 0 Å². The summed E-state index contributed by atoms with van der Waals surface area (Å²) in [6.45, 7) is 4.86. The SMILES string of the molecule is CCCNC(c1ccc(F)c(F)c1)c1ccoc1CC. The lowest BCUT2D eigenvalue weighted by Gasteiger charge is -2.19. The Bertz CT molecular complexity index is 565. The molecular weight excluding hydrogens is 260 g/mol. The maximum Gasteiger partial charge on any atom is 0.159 e. The molecule has 20 heavy (non-hydrogen) atoms. The second-order valence-electron chi connectivity index (χ2n) is 4.71. The number of nitrogens with one attached hydrogen (secondary N) is 1. The number of rotatable bonds is 6. The maximum absolute atomic E-state index is 13.5. The van der Waals surface area contributed by atoms with Crippen LogP contribution in [0.2, 0.25) is 0 Å². The fraction of sp³-hybridized carbons (Fsp3) is 0.375. The van der Waals surface area contributed by atoms with Gasteiger partial charge >= 0.3 is 0 Å². The Kier molecular flexibility index (Phi) is 4.90. The molecule has 4 heteroatoms. The van der Waals surface area contributed by atoms with Crippen molar-refractivity contribution in [3.63, 3.8) is 0 Å². The van der Waals surface area contributed by atoms with Crippen molar-refractivity contribution in [1.82, 2.24) is 5.32 Å². The molecule has 1 atom stereocenters. The van der Waals surface area contributed by atoms with E-state index in [-0.39, 0.29) is 6.04 Å². The minimum Gasteiger partial charge on any atom is -0.469 e. The molecule has 0 spiro atoms. The van der Waals surface area contributed by atoms with Crippen LogP contribution in [-0.4, -0.2) is 6.54 Å². The summed E-state index contributed by atoms with van der Waals surface area (Å²) in [5.74, 6) is -0.790. The van der Waals surface area contributed by atoms with E-state index in [9.17, 15) is 8.78 Å². The number of benzene rings is 1. The Balaban J connectivity index is 2.38. The topological polar surface area (TPSA) is 25.2 Å². The lowest BCUT2D eigenvalue weighted by molar-refractivity contribution is 0.493. The molecule has 1 N–H and O–H groups in total. The lowest BCUT2D eigenvalue weighted by atomic mass is 9.98. The van der Waals surface area contributed by atoms with Crippen molar-refractivity contribution in [1.29, 1.82) is 0 Å². The Hall–Kier alpha value is -1.68. The zero-order valence-electron chi connectivity index (χ0n) is 11.7. The number of hydrogen-bond acceptors (Lipinski definition) is 2. The molecule has 1 unspecified atom stereocenters. The fourth-order valence-electron chi connectivity index (χ4n) is 2.28. The average Bonchev–Trinajstić information content (AvgIpc) is 2.91. The molecule has 2 aromatic rings. The largest absolute Gasteiger partial charge is 0.469 e. The minimum atomic E-state index is -0.828. The third-order valence-corrected chi connectivity index (χ3v) is 3.29. The van der Waals surface area contributed by atoms with Crippen LogP contribution in [0.15, 0.2) is 34.9 Å². The van der Waals surface area contributed by atoms with Crippen LogP contribution in [0.25, 0.3) is 0 Å². The Labute approximate surface area is 117 Å². The van der Waals surface area contributed by atoms with Gasteiger partial charge in [0.05, 0.1) is 12.3 Å². The van der Waals surface area contributed by atoms with E-state index in [2.05, 4.69) is 12.2 Å². The van der Waals surface area contributed by atoms with Gasteiger partial charge in [0, 0.05) is 12.0 Å². The van der Waals surface area contributed by atoms with Crippen LogP contribution in [0.4, 0.5) is 8.78 Å². The van der Waals surface area contributed by atoms with Crippen molar-refractivity contribution in [2.45, 2.75) is 32.7 Å². The summed E-state index contributed by atoms with van der Waals surface area (Å²) in [4.78, 5) is 0. The number of hydrogen-bond donors (Lipinski definition) is 1. The smallest absolute Gasteiger partial charge is 0.159 e. The van der Waals surface area contributed by atoms with Gasteiger partial charge in [-0.1, -0.05) is 19.9 Å². The van der Waals surface area contributed by atoms with Gasteiger partial charge in [0.15, 0.2) is 11.6 Å². The first-order chi connectivity index (χ1) is 9.67. The van der Waals surface area contributed by atoms with Crippen LogP contribution in [0.3, 0.4) is 0 Å². The molecule has 0 amide bonds. The van der Waals surface area contributed by atoms with E-state index in [0.29, 0.717) is 5.56 Å². The molecule has 0 fully saturated rings. The molecule has 0 bridgehead atoms. The highest BCUT2D eigenvalue weighted by Crippen LogP contribution is 2.27. The Morgan fingerprint density at radius 1 is 1.15 bits per heavy atom. The Morgan fingerprint density at radius 2 is 1.95 bits per heavy atom. The quantitative estimate of drug-likeness (QED) is 0.857. The first-order valence-electron chi connectivity index (χ1n) is 6.92. The van der Waals surface area contributed by atoms with E-state index in [4.69, 9.17) is 4.42 Å². The van der Waals surface area contributed by atoms with Gasteiger partial charge in [-0.25, -0.2) is 8.78 Å². The lowest BCUT2D eigenvalue weighted by Crippen LogP contribution is -2.23. The van der Waals surface area contributed by atoms with Crippen LogP contribution < -0.4 is 5.32 Å². The molecule has 0 aliphatic heterocycles. The summed E-state index contributed by atoms with van der Waals surface area (Å²) in [6, 6.07) is 5.72. The predicted octanol–water partition coefficient (Wildman–Crippen LogP) is 4.21. The van der Waals surface area contributed by atoms with Gasteiger partial charge in [-0.05, 0) is 36.7 Å². The molecule has 0 saturated heterocycles. The Morgan fingerprint density at radius 3 is 2.60 bits per heavy atom. The molecule has 1 aromatic heterocycles. The summed E-state index contributed by atoms with van der Waals surface area (Å²) in [6.07, 6.45) is 3.35. The molecule has 1 heterocycles. The highest BCUT2D eigenvalue weighted by molar-refractivity contribution is 5.34. The molecular formula is C16H19F2NO. The summed E-state index contributed by atoms with van der Waals surface area (Å²) in [7, 11) is 0. The van der Waals surface area contributed by atoms with E-state index in [1.54, 1.807) is 12.3 Å². The van der Waals surface area contributed by atoms with Gasteiger partial charge in [0.1, 0.15) is 5.76 Å². The van der Waals surface area contributed by atoms with E-state index in [0.717, 1.165) is 36.8 Å². The molecule has 0 saturated carbocycles. The highest BCUT2D eigenvalue weighted by atomic mass is 19.2. The molecule has 2 rings (SSSR count). The van der Waals surface area contributed by atoms with E-state index < -0.39 is 11.6 Å². The van der Waals surface area contributed by atoms with Crippen molar-refractivity contribution >= 4 is 0 Å². The van der Waals surface area contributed by atoms with Crippen molar-refractivity contribution in [3.05, 3.63) is 59.1 Å². The summed E-state index contributed by atoms with van der Waals surface area (Å²) >= 11 is 0. The average molecular weight is 279 g/mol. The second kappa shape index (κ2) is 6.66. The third kappa shape index (κ3) is 3.07. The van der Waals surface area contributed by atoms with Gasteiger partial charge in [-0.15, -0.1) is 0 Å². The molecule has 0 radical (unpaired) electrons. The van der Waals surface area contributed by atoms with E-state index >= 15 is 0 Å². The summed E-state index contributed by atoms with van der Waals surface area (Å²) < 4.78 is 32.0. The zero-order chi connectivity index (χ0) is 14.5. The van der Waals surface area contributed by atoms with Crippen LogP contribution in [0, 0.1) is 11.6 Å². The monoisotopic (exact) mass is 279 g/mol. The normalized spacial score (nSPS) is 12.6. The molecule has 0 aliphatic carbocycles. The second-order valence-corrected chi connectivity index (χ2v) is 4.71. The molecule has 2 nitrogen and oxygen atoms in total. The first-order valence-corrected chi connectivity index (χ1v) is 6.92.